The van der Waals surface area contributed by atoms with Gasteiger partial charge in [0.05, 0.1) is 0 Å². The van der Waals surface area contributed by atoms with Crippen LogP contribution in [0.5, 0.6) is 5.75 Å². The number of aryl methyl sites for hydroxylation is 2. The summed E-state index contributed by atoms with van der Waals surface area (Å²) in [5, 5.41) is 0. The van der Waals surface area contributed by atoms with Crippen LogP contribution in [0.25, 0.3) is 0 Å². The summed E-state index contributed by atoms with van der Waals surface area (Å²) in [5.74, 6) is 0.401. The lowest BCUT2D eigenvalue weighted by Gasteiger charge is -2.09. The Bertz CT molecular complexity index is 341. The van der Waals surface area contributed by atoms with Crippen LogP contribution in [0.3, 0.4) is 0 Å². The van der Waals surface area contributed by atoms with E-state index in [1.165, 1.54) is 6.92 Å². The molecular formula is C13H20O2. The fourth-order valence-electron chi connectivity index (χ4n) is 1.26. The topological polar surface area (TPSA) is 26.3 Å². The largest absolute Gasteiger partial charge is 0.426 e. The Morgan fingerprint density at radius 2 is 1.67 bits per heavy atom. The van der Waals surface area contributed by atoms with E-state index < -0.39 is 0 Å². The van der Waals surface area contributed by atoms with E-state index in [2.05, 4.69) is 6.07 Å². The first-order chi connectivity index (χ1) is 7.00. The maximum Gasteiger partial charge on any atom is 0.308 e. The quantitative estimate of drug-likeness (QED) is 0.521. The van der Waals surface area contributed by atoms with Crippen LogP contribution in [0, 0.1) is 20.8 Å². The van der Waals surface area contributed by atoms with Crippen LogP contribution in [0.1, 0.15) is 37.5 Å². The van der Waals surface area contributed by atoms with Crippen molar-refractivity contribution < 1.29 is 9.53 Å². The van der Waals surface area contributed by atoms with E-state index in [0.29, 0.717) is 5.75 Å². The molecule has 0 N–H and O–H groups in total. The Hall–Kier alpha value is -1.31. The van der Waals surface area contributed by atoms with Gasteiger partial charge in [0, 0.05) is 6.92 Å². The standard InChI is InChI=1S/C11H14O2.C2H6/c1-7-5-8(2)9(3)11(6-7)13-10(4)12;1-2/h5-6H,1-4H3;1-2H3. The minimum Gasteiger partial charge on any atom is -0.426 e. The van der Waals surface area contributed by atoms with Crippen LogP contribution in [0.4, 0.5) is 0 Å². The molecule has 0 saturated heterocycles. The molecule has 0 atom stereocenters. The fraction of sp³-hybridized carbons (Fsp3) is 0.462. The lowest BCUT2D eigenvalue weighted by molar-refractivity contribution is -0.131. The molecule has 84 valence electrons. The predicted octanol–water partition coefficient (Wildman–Crippen LogP) is 3.56. The first kappa shape index (κ1) is 13.7. The second-order valence-corrected chi connectivity index (χ2v) is 3.30. The molecular weight excluding hydrogens is 188 g/mol. The van der Waals surface area contributed by atoms with Crippen molar-refractivity contribution in [2.75, 3.05) is 0 Å². The van der Waals surface area contributed by atoms with Gasteiger partial charge in [0.15, 0.2) is 0 Å². The summed E-state index contributed by atoms with van der Waals surface area (Å²) in [6.07, 6.45) is 0. The van der Waals surface area contributed by atoms with Crippen molar-refractivity contribution >= 4 is 5.97 Å². The predicted molar refractivity (Wildman–Crippen MR) is 63.3 cm³/mol. The molecule has 0 unspecified atom stereocenters. The first-order valence-corrected chi connectivity index (χ1v) is 5.27. The minimum atomic E-state index is -0.270. The van der Waals surface area contributed by atoms with Crippen molar-refractivity contribution in [1.82, 2.24) is 0 Å². The highest BCUT2D eigenvalue weighted by Crippen LogP contribution is 2.23. The van der Waals surface area contributed by atoms with E-state index >= 15 is 0 Å². The van der Waals surface area contributed by atoms with Gasteiger partial charge in [0.1, 0.15) is 5.75 Å². The van der Waals surface area contributed by atoms with Gasteiger partial charge in [0.2, 0.25) is 0 Å². The highest BCUT2D eigenvalue weighted by Gasteiger charge is 2.05. The number of esters is 1. The molecule has 0 spiro atoms. The molecule has 0 bridgehead atoms. The van der Waals surface area contributed by atoms with Crippen LogP contribution in [0.15, 0.2) is 12.1 Å². The van der Waals surface area contributed by atoms with Crippen LogP contribution in [-0.4, -0.2) is 5.97 Å². The first-order valence-electron chi connectivity index (χ1n) is 5.27. The third-order valence-electron chi connectivity index (χ3n) is 2.02. The lowest BCUT2D eigenvalue weighted by atomic mass is 10.1. The second-order valence-electron chi connectivity index (χ2n) is 3.30. The van der Waals surface area contributed by atoms with Gasteiger partial charge in [0.25, 0.3) is 0 Å². The van der Waals surface area contributed by atoms with E-state index in [0.717, 1.165) is 16.7 Å². The maximum absolute atomic E-state index is 10.8. The van der Waals surface area contributed by atoms with Crippen LogP contribution in [-0.2, 0) is 4.79 Å². The SMILES string of the molecule is CC.CC(=O)Oc1cc(C)cc(C)c1C. The zero-order valence-electron chi connectivity index (χ0n) is 10.5. The molecule has 0 aliphatic carbocycles. The van der Waals surface area contributed by atoms with E-state index in [-0.39, 0.29) is 5.97 Å². The summed E-state index contributed by atoms with van der Waals surface area (Å²) in [6, 6.07) is 3.95. The van der Waals surface area contributed by atoms with E-state index in [1.54, 1.807) is 0 Å². The van der Waals surface area contributed by atoms with Gasteiger partial charge in [-0.25, -0.2) is 0 Å². The van der Waals surface area contributed by atoms with Gasteiger partial charge >= 0.3 is 5.97 Å². The summed E-state index contributed by atoms with van der Waals surface area (Å²) < 4.78 is 5.07. The molecule has 2 nitrogen and oxygen atoms in total. The van der Waals surface area contributed by atoms with Crippen LogP contribution < -0.4 is 4.74 Å². The van der Waals surface area contributed by atoms with Crippen molar-refractivity contribution in [3.05, 3.63) is 28.8 Å². The van der Waals surface area contributed by atoms with Gasteiger partial charge < -0.3 is 4.74 Å². The molecule has 1 aromatic rings. The van der Waals surface area contributed by atoms with Crippen molar-refractivity contribution in [3.8, 4) is 5.75 Å². The summed E-state index contributed by atoms with van der Waals surface area (Å²) in [6.45, 7) is 11.4. The molecule has 2 heteroatoms. The normalized spacial score (nSPS) is 8.93. The Kier molecular flexibility index (Phi) is 5.68. The van der Waals surface area contributed by atoms with Crippen molar-refractivity contribution in [2.45, 2.75) is 41.5 Å². The van der Waals surface area contributed by atoms with Gasteiger partial charge in [-0.15, -0.1) is 0 Å². The Morgan fingerprint density at radius 1 is 1.13 bits per heavy atom. The molecule has 15 heavy (non-hydrogen) atoms. The summed E-state index contributed by atoms with van der Waals surface area (Å²) >= 11 is 0. The fourth-order valence-corrected chi connectivity index (χ4v) is 1.26. The Morgan fingerprint density at radius 3 is 2.13 bits per heavy atom. The van der Waals surface area contributed by atoms with Gasteiger partial charge in [-0.05, 0) is 43.5 Å². The maximum atomic E-state index is 10.8. The zero-order chi connectivity index (χ0) is 12.0. The number of ether oxygens (including phenoxy) is 1. The highest BCUT2D eigenvalue weighted by molar-refractivity contribution is 5.70. The second kappa shape index (κ2) is 6.23. The smallest absolute Gasteiger partial charge is 0.308 e. The molecule has 0 aliphatic rings. The molecule has 0 radical (unpaired) electrons. The minimum absolute atomic E-state index is 0.270. The average molecular weight is 208 g/mol. The highest BCUT2D eigenvalue weighted by atomic mass is 16.5. The number of carbonyl (C=O) groups is 1. The molecule has 0 amide bonds. The molecule has 0 fully saturated rings. The van der Waals surface area contributed by atoms with Crippen LogP contribution in [0.2, 0.25) is 0 Å². The Balaban J connectivity index is 0.000000921. The van der Waals surface area contributed by atoms with Crippen molar-refractivity contribution in [1.29, 1.82) is 0 Å². The van der Waals surface area contributed by atoms with Crippen molar-refractivity contribution in [3.63, 3.8) is 0 Å². The number of carbonyl (C=O) groups excluding carboxylic acids is 1. The third-order valence-corrected chi connectivity index (χ3v) is 2.02. The molecule has 0 aromatic heterocycles. The van der Waals surface area contributed by atoms with Gasteiger partial charge in [-0.1, -0.05) is 19.9 Å². The molecule has 0 aliphatic heterocycles. The number of hydrogen-bond acceptors (Lipinski definition) is 2. The Labute approximate surface area is 92.3 Å². The average Bonchev–Trinajstić information content (AvgIpc) is 2.16. The number of benzene rings is 1. The van der Waals surface area contributed by atoms with E-state index in [1.807, 2.05) is 40.7 Å². The third kappa shape index (κ3) is 4.15. The molecule has 1 rings (SSSR count). The summed E-state index contributed by atoms with van der Waals surface area (Å²) in [4.78, 5) is 10.8. The lowest BCUT2D eigenvalue weighted by Crippen LogP contribution is -2.03. The number of hydrogen-bond donors (Lipinski definition) is 0. The van der Waals surface area contributed by atoms with Crippen LogP contribution >= 0.6 is 0 Å². The molecule has 1 aromatic carbocycles. The molecule has 0 heterocycles. The number of rotatable bonds is 1. The van der Waals surface area contributed by atoms with E-state index in [4.69, 9.17) is 4.74 Å². The van der Waals surface area contributed by atoms with Gasteiger partial charge in [-0.2, -0.15) is 0 Å². The van der Waals surface area contributed by atoms with Crippen molar-refractivity contribution in [2.24, 2.45) is 0 Å². The summed E-state index contributed by atoms with van der Waals surface area (Å²) in [7, 11) is 0. The summed E-state index contributed by atoms with van der Waals surface area (Å²) in [5.41, 5.74) is 3.29. The van der Waals surface area contributed by atoms with E-state index in [9.17, 15) is 4.79 Å². The van der Waals surface area contributed by atoms with Gasteiger partial charge in [-0.3, -0.25) is 4.79 Å². The monoisotopic (exact) mass is 208 g/mol. The zero-order valence-corrected chi connectivity index (χ0v) is 10.5. The molecule has 0 saturated carbocycles.